The smallest absolute Gasteiger partial charge is 0.299 e. The maximum absolute atomic E-state index is 12.3. The normalized spacial score (nSPS) is 17.3. The summed E-state index contributed by atoms with van der Waals surface area (Å²) in [6, 6.07) is 11.4. The van der Waals surface area contributed by atoms with Crippen molar-refractivity contribution in [2.75, 3.05) is 24.5 Å². The minimum absolute atomic E-state index is 0.0742. The molecule has 2 aromatic rings. The van der Waals surface area contributed by atoms with Crippen LogP contribution in [0.4, 0.5) is 5.95 Å². The first-order valence-electron chi connectivity index (χ1n) is 7.63. The summed E-state index contributed by atoms with van der Waals surface area (Å²) in [6.45, 7) is 4.08. The zero-order chi connectivity index (χ0) is 16.1. The van der Waals surface area contributed by atoms with Crippen molar-refractivity contribution >= 4 is 11.9 Å². The maximum atomic E-state index is 12.3. The number of aromatic nitrogens is 2. The standard InChI is InChI=1S/C18H18N4O/c1-15-14-21(18-19-10-5-11-20-18)12-13-22(15)17(23)9-8-16-6-3-2-4-7-16/h2-7,10-11,15H,12-14H2,1H3. The van der Waals surface area contributed by atoms with Gasteiger partial charge in [0.1, 0.15) is 0 Å². The van der Waals surface area contributed by atoms with Gasteiger partial charge in [0.2, 0.25) is 5.95 Å². The van der Waals surface area contributed by atoms with Gasteiger partial charge in [-0.2, -0.15) is 0 Å². The molecule has 1 aromatic heterocycles. The molecule has 1 amide bonds. The van der Waals surface area contributed by atoms with E-state index in [1.165, 1.54) is 0 Å². The molecule has 3 rings (SSSR count). The molecule has 0 spiro atoms. The lowest BCUT2D eigenvalue weighted by atomic mass is 10.2. The van der Waals surface area contributed by atoms with Gasteiger partial charge in [-0.25, -0.2) is 9.97 Å². The molecule has 0 bridgehead atoms. The molecule has 1 fully saturated rings. The van der Waals surface area contributed by atoms with Crippen LogP contribution in [0.2, 0.25) is 0 Å². The number of hydrogen-bond donors (Lipinski definition) is 0. The number of anilines is 1. The fourth-order valence-corrected chi connectivity index (χ4v) is 2.61. The van der Waals surface area contributed by atoms with Crippen LogP contribution in [0.3, 0.4) is 0 Å². The third-order valence-corrected chi connectivity index (χ3v) is 3.81. The molecule has 116 valence electrons. The van der Waals surface area contributed by atoms with E-state index in [1.54, 1.807) is 18.5 Å². The first-order valence-corrected chi connectivity index (χ1v) is 7.63. The van der Waals surface area contributed by atoms with Gasteiger partial charge in [0.25, 0.3) is 5.91 Å². The molecule has 1 unspecified atom stereocenters. The van der Waals surface area contributed by atoms with Crippen LogP contribution < -0.4 is 4.90 Å². The van der Waals surface area contributed by atoms with Crippen LogP contribution in [-0.2, 0) is 4.79 Å². The van der Waals surface area contributed by atoms with Gasteiger partial charge >= 0.3 is 0 Å². The molecule has 1 atom stereocenters. The predicted molar refractivity (Wildman–Crippen MR) is 88.7 cm³/mol. The van der Waals surface area contributed by atoms with Crippen LogP contribution in [0.25, 0.3) is 0 Å². The van der Waals surface area contributed by atoms with E-state index in [4.69, 9.17) is 0 Å². The fourth-order valence-electron chi connectivity index (χ4n) is 2.61. The highest BCUT2D eigenvalue weighted by molar-refractivity contribution is 5.94. The second-order valence-corrected chi connectivity index (χ2v) is 5.46. The number of hydrogen-bond acceptors (Lipinski definition) is 4. The van der Waals surface area contributed by atoms with Crippen LogP contribution in [0, 0.1) is 11.8 Å². The highest BCUT2D eigenvalue weighted by Gasteiger charge is 2.27. The summed E-state index contributed by atoms with van der Waals surface area (Å²) in [5.74, 6) is 6.25. The summed E-state index contributed by atoms with van der Waals surface area (Å²) in [5.41, 5.74) is 0.852. The topological polar surface area (TPSA) is 49.3 Å². The lowest BCUT2D eigenvalue weighted by Crippen LogP contribution is -2.54. The number of rotatable bonds is 1. The van der Waals surface area contributed by atoms with Crippen molar-refractivity contribution in [3.63, 3.8) is 0 Å². The molecule has 5 nitrogen and oxygen atoms in total. The lowest BCUT2D eigenvalue weighted by Gasteiger charge is -2.38. The third kappa shape index (κ3) is 3.67. The summed E-state index contributed by atoms with van der Waals surface area (Å²) >= 11 is 0. The highest BCUT2D eigenvalue weighted by atomic mass is 16.2. The van der Waals surface area contributed by atoms with E-state index in [0.29, 0.717) is 25.6 Å². The Morgan fingerprint density at radius 1 is 1.13 bits per heavy atom. The average molecular weight is 306 g/mol. The van der Waals surface area contributed by atoms with Crippen LogP contribution in [-0.4, -0.2) is 46.5 Å². The molecule has 23 heavy (non-hydrogen) atoms. The molecule has 2 heterocycles. The van der Waals surface area contributed by atoms with Gasteiger partial charge in [-0.1, -0.05) is 24.1 Å². The molecule has 0 aliphatic carbocycles. The zero-order valence-electron chi connectivity index (χ0n) is 13.0. The molecule has 1 saturated heterocycles. The second kappa shape index (κ2) is 6.93. The van der Waals surface area contributed by atoms with Crippen molar-refractivity contribution < 1.29 is 4.79 Å². The SMILES string of the molecule is CC1CN(c2ncccn2)CCN1C(=O)C#Cc1ccccc1. The monoisotopic (exact) mass is 306 g/mol. The van der Waals surface area contributed by atoms with Gasteiger partial charge in [0.05, 0.1) is 0 Å². The summed E-state index contributed by atoms with van der Waals surface area (Å²) in [4.78, 5) is 24.8. The number of carbonyl (C=O) groups excluding carboxylic acids is 1. The zero-order valence-corrected chi connectivity index (χ0v) is 13.0. The van der Waals surface area contributed by atoms with Crippen molar-refractivity contribution in [1.29, 1.82) is 0 Å². The summed E-state index contributed by atoms with van der Waals surface area (Å²) in [5, 5.41) is 0. The van der Waals surface area contributed by atoms with E-state index in [9.17, 15) is 4.79 Å². The van der Waals surface area contributed by atoms with E-state index in [0.717, 1.165) is 5.56 Å². The summed E-state index contributed by atoms with van der Waals surface area (Å²) < 4.78 is 0. The Kier molecular flexibility index (Phi) is 4.53. The van der Waals surface area contributed by atoms with Crippen molar-refractivity contribution in [2.24, 2.45) is 0 Å². The molecule has 5 heteroatoms. The van der Waals surface area contributed by atoms with E-state index in [2.05, 4.69) is 26.7 Å². The Morgan fingerprint density at radius 3 is 2.57 bits per heavy atom. The minimum atomic E-state index is -0.130. The molecule has 1 aromatic carbocycles. The first kappa shape index (κ1) is 15.0. The van der Waals surface area contributed by atoms with Gasteiger partial charge in [-0.3, -0.25) is 4.79 Å². The van der Waals surface area contributed by atoms with Crippen LogP contribution in [0.1, 0.15) is 12.5 Å². The van der Waals surface area contributed by atoms with Crippen molar-refractivity contribution in [1.82, 2.24) is 14.9 Å². The predicted octanol–water partition coefficient (Wildman–Crippen LogP) is 1.57. The van der Waals surface area contributed by atoms with E-state index < -0.39 is 0 Å². The second-order valence-electron chi connectivity index (χ2n) is 5.46. The molecule has 0 radical (unpaired) electrons. The van der Waals surface area contributed by atoms with Crippen LogP contribution in [0.15, 0.2) is 48.8 Å². The van der Waals surface area contributed by atoms with Gasteiger partial charge < -0.3 is 9.80 Å². The molecule has 1 aliphatic rings. The Balaban J connectivity index is 1.64. The largest absolute Gasteiger partial charge is 0.337 e. The quantitative estimate of drug-likeness (QED) is 0.750. The van der Waals surface area contributed by atoms with E-state index >= 15 is 0 Å². The number of piperazine rings is 1. The summed E-state index contributed by atoms with van der Waals surface area (Å²) in [6.07, 6.45) is 3.46. The van der Waals surface area contributed by atoms with Crippen molar-refractivity contribution in [2.45, 2.75) is 13.0 Å². The van der Waals surface area contributed by atoms with Gasteiger partial charge in [0.15, 0.2) is 0 Å². The molecule has 0 N–H and O–H groups in total. The van der Waals surface area contributed by atoms with Gasteiger partial charge in [-0.05, 0) is 25.1 Å². The highest BCUT2D eigenvalue weighted by Crippen LogP contribution is 2.14. The third-order valence-electron chi connectivity index (χ3n) is 3.81. The average Bonchev–Trinajstić information content (AvgIpc) is 2.61. The Bertz CT molecular complexity index is 721. The number of amides is 1. The van der Waals surface area contributed by atoms with Crippen molar-refractivity contribution in [3.8, 4) is 11.8 Å². The number of nitrogens with zero attached hydrogens (tertiary/aromatic N) is 4. The Morgan fingerprint density at radius 2 is 1.87 bits per heavy atom. The molecule has 1 aliphatic heterocycles. The van der Waals surface area contributed by atoms with Crippen LogP contribution in [0.5, 0.6) is 0 Å². The number of carbonyl (C=O) groups is 1. The number of benzene rings is 1. The van der Waals surface area contributed by atoms with Crippen LogP contribution >= 0.6 is 0 Å². The van der Waals surface area contributed by atoms with Crippen molar-refractivity contribution in [3.05, 3.63) is 54.4 Å². The Hall–Kier alpha value is -2.87. The fraction of sp³-hybridized carbons (Fsp3) is 0.278. The molecular formula is C18H18N4O. The minimum Gasteiger partial charge on any atom is -0.337 e. The van der Waals surface area contributed by atoms with Gasteiger partial charge in [-0.15, -0.1) is 0 Å². The molecular weight excluding hydrogens is 288 g/mol. The maximum Gasteiger partial charge on any atom is 0.299 e. The van der Waals surface area contributed by atoms with Gasteiger partial charge in [0, 0.05) is 49.6 Å². The van der Waals surface area contributed by atoms with E-state index in [-0.39, 0.29) is 11.9 Å². The molecule has 0 saturated carbocycles. The van der Waals surface area contributed by atoms with E-state index in [1.807, 2.05) is 42.2 Å². The summed E-state index contributed by atoms with van der Waals surface area (Å²) in [7, 11) is 0. The Labute approximate surface area is 136 Å². The first-order chi connectivity index (χ1) is 11.2. The lowest BCUT2D eigenvalue weighted by molar-refractivity contribution is -0.127.